The van der Waals surface area contributed by atoms with Crippen LogP contribution in [0.3, 0.4) is 0 Å². The number of nitrogens with one attached hydrogen (secondary N) is 1. The molecule has 0 fully saturated rings. The van der Waals surface area contributed by atoms with Crippen LogP contribution in [0, 0.1) is 11.8 Å². The lowest BCUT2D eigenvalue weighted by atomic mass is 9.69. The average molecular weight is 443 g/mol. The monoisotopic (exact) mass is 443 g/mol. The molecule has 1 aliphatic carbocycles. The van der Waals surface area contributed by atoms with E-state index >= 15 is 0 Å². The molecular formula is C24H29NO7. The van der Waals surface area contributed by atoms with Gasteiger partial charge in [0, 0.05) is 28.6 Å². The second-order valence-electron chi connectivity index (χ2n) is 7.86. The SMILES string of the molecule is CCOC(=O)C1=C(C)NC2=C(C(=O)[C@H](C(=O)OC)[C@@H](C)C2)[C@H]1c1ccc(OC)cc1OC. The summed E-state index contributed by atoms with van der Waals surface area (Å²) in [6.07, 6.45) is 0.462. The molecule has 0 saturated heterocycles. The largest absolute Gasteiger partial charge is 0.497 e. The number of hydrogen-bond donors (Lipinski definition) is 1. The first-order chi connectivity index (χ1) is 15.3. The number of carbonyl (C=O) groups excluding carboxylic acids is 3. The predicted octanol–water partition coefficient (Wildman–Crippen LogP) is 2.88. The second kappa shape index (κ2) is 9.46. The lowest BCUT2D eigenvalue weighted by molar-refractivity contribution is -0.151. The Morgan fingerprint density at radius 2 is 1.88 bits per heavy atom. The number of benzene rings is 1. The van der Waals surface area contributed by atoms with E-state index in [2.05, 4.69) is 5.32 Å². The number of ether oxygens (including phenoxy) is 4. The zero-order chi connectivity index (χ0) is 23.6. The summed E-state index contributed by atoms with van der Waals surface area (Å²) in [6.45, 7) is 5.52. The summed E-state index contributed by atoms with van der Waals surface area (Å²) >= 11 is 0. The van der Waals surface area contributed by atoms with Gasteiger partial charge in [-0.1, -0.05) is 13.0 Å². The molecule has 1 aromatic carbocycles. The quantitative estimate of drug-likeness (QED) is 0.529. The maximum Gasteiger partial charge on any atom is 0.336 e. The molecule has 1 aromatic rings. The van der Waals surface area contributed by atoms with Crippen molar-refractivity contribution in [3.63, 3.8) is 0 Å². The van der Waals surface area contributed by atoms with Gasteiger partial charge in [-0.05, 0) is 32.3 Å². The molecule has 0 bridgehead atoms. The second-order valence-corrected chi connectivity index (χ2v) is 7.86. The molecule has 1 N–H and O–H groups in total. The van der Waals surface area contributed by atoms with Crippen molar-refractivity contribution in [1.82, 2.24) is 5.32 Å². The van der Waals surface area contributed by atoms with Crippen molar-refractivity contribution in [1.29, 1.82) is 0 Å². The number of Topliss-reactive ketones (excluding diaryl/α,β-unsaturated/α-hetero) is 1. The van der Waals surface area contributed by atoms with Gasteiger partial charge in [-0.15, -0.1) is 0 Å². The van der Waals surface area contributed by atoms with Crippen LogP contribution in [-0.4, -0.2) is 45.7 Å². The van der Waals surface area contributed by atoms with Crippen molar-refractivity contribution in [3.8, 4) is 11.5 Å². The summed E-state index contributed by atoms with van der Waals surface area (Å²) < 4.78 is 21.1. The molecule has 1 aliphatic heterocycles. The van der Waals surface area contributed by atoms with Crippen LogP contribution >= 0.6 is 0 Å². The summed E-state index contributed by atoms with van der Waals surface area (Å²) in [5.41, 5.74) is 2.56. The Balaban J connectivity index is 2.25. The Hall–Kier alpha value is -3.29. The number of esters is 2. The van der Waals surface area contributed by atoms with Crippen LogP contribution in [-0.2, 0) is 23.9 Å². The van der Waals surface area contributed by atoms with Crippen LogP contribution in [0.25, 0.3) is 0 Å². The van der Waals surface area contributed by atoms with Crippen LogP contribution in [0.2, 0.25) is 0 Å². The van der Waals surface area contributed by atoms with Gasteiger partial charge in [0.2, 0.25) is 0 Å². The van der Waals surface area contributed by atoms with Crippen molar-refractivity contribution < 1.29 is 33.3 Å². The highest BCUT2D eigenvalue weighted by atomic mass is 16.5. The van der Waals surface area contributed by atoms with E-state index < -0.39 is 23.8 Å². The maximum absolute atomic E-state index is 13.7. The molecule has 0 saturated carbocycles. The molecule has 32 heavy (non-hydrogen) atoms. The van der Waals surface area contributed by atoms with Crippen LogP contribution < -0.4 is 14.8 Å². The molecule has 8 nitrogen and oxygen atoms in total. The number of carbonyl (C=O) groups is 3. The lowest BCUT2D eigenvalue weighted by Gasteiger charge is -2.38. The lowest BCUT2D eigenvalue weighted by Crippen LogP contribution is -2.43. The van der Waals surface area contributed by atoms with Gasteiger partial charge >= 0.3 is 11.9 Å². The summed E-state index contributed by atoms with van der Waals surface area (Å²) in [6, 6.07) is 5.21. The maximum atomic E-state index is 13.7. The highest BCUT2D eigenvalue weighted by Crippen LogP contribution is 2.48. The molecule has 3 rings (SSSR count). The molecule has 0 radical (unpaired) electrons. The first kappa shape index (κ1) is 23.4. The van der Waals surface area contributed by atoms with Crippen molar-refractivity contribution in [2.75, 3.05) is 27.9 Å². The summed E-state index contributed by atoms with van der Waals surface area (Å²) in [5, 5.41) is 3.23. The summed E-state index contributed by atoms with van der Waals surface area (Å²) in [4.78, 5) is 39.2. The number of ketones is 1. The summed E-state index contributed by atoms with van der Waals surface area (Å²) in [5.74, 6) is -2.42. The molecule has 3 atom stereocenters. The fraction of sp³-hybridized carbons (Fsp3) is 0.458. The molecule has 172 valence electrons. The van der Waals surface area contributed by atoms with E-state index in [0.29, 0.717) is 46.0 Å². The predicted molar refractivity (Wildman–Crippen MR) is 116 cm³/mol. The number of hydrogen-bond acceptors (Lipinski definition) is 8. The van der Waals surface area contributed by atoms with Crippen molar-refractivity contribution in [2.45, 2.75) is 33.1 Å². The van der Waals surface area contributed by atoms with Crippen LogP contribution in [0.4, 0.5) is 0 Å². The Morgan fingerprint density at radius 3 is 2.47 bits per heavy atom. The third-order valence-electron chi connectivity index (χ3n) is 5.99. The van der Waals surface area contributed by atoms with Crippen LogP contribution in [0.5, 0.6) is 11.5 Å². The van der Waals surface area contributed by atoms with E-state index in [4.69, 9.17) is 18.9 Å². The van der Waals surface area contributed by atoms with Gasteiger partial charge in [0.05, 0.1) is 39.4 Å². The molecule has 2 aliphatic rings. The standard InChI is InChI=1S/C24H29NO7/c1-7-32-24(28)19-13(3)25-16-10-12(2)18(23(27)31-6)22(26)21(16)20(19)15-9-8-14(29-4)11-17(15)30-5/h8-9,11-12,18,20,25H,7,10H2,1-6H3/t12-,18+,20-/m0/s1. The molecular weight excluding hydrogens is 414 g/mol. The Morgan fingerprint density at radius 1 is 1.16 bits per heavy atom. The number of methoxy groups -OCH3 is 3. The zero-order valence-electron chi connectivity index (χ0n) is 19.2. The minimum atomic E-state index is -0.950. The van der Waals surface area contributed by atoms with Gasteiger partial charge in [0.1, 0.15) is 17.4 Å². The Bertz CT molecular complexity index is 1010. The van der Waals surface area contributed by atoms with Crippen molar-refractivity contribution in [2.24, 2.45) is 11.8 Å². The number of rotatable bonds is 6. The highest BCUT2D eigenvalue weighted by Gasteiger charge is 2.47. The van der Waals surface area contributed by atoms with Crippen LogP contribution in [0.15, 0.2) is 40.7 Å². The highest BCUT2D eigenvalue weighted by molar-refractivity contribution is 6.12. The van der Waals surface area contributed by atoms with Crippen LogP contribution in [0.1, 0.15) is 38.7 Å². The molecule has 0 amide bonds. The molecule has 0 spiro atoms. The Labute approximate surface area is 187 Å². The zero-order valence-corrected chi connectivity index (χ0v) is 19.2. The van der Waals surface area contributed by atoms with E-state index in [1.165, 1.54) is 14.2 Å². The smallest absolute Gasteiger partial charge is 0.336 e. The third-order valence-corrected chi connectivity index (χ3v) is 5.99. The molecule has 1 heterocycles. The van der Waals surface area contributed by atoms with Gasteiger partial charge < -0.3 is 24.3 Å². The first-order valence-corrected chi connectivity index (χ1v) is 10.5. The Kier molecular flexibility index (Phi) is 6.91. The molecule has 0 unspecified atom stereocenters. The number of allylic oxidation sites excluding steroid dienone is 3. The van der Waals surface area contributed by atoms with Crippen molar-refractivity contribution in [3.05, 3.63) is 46.3 Å². The topological polar surface area (TPSA) is 100 Å². The van der Waals surface area contributed by atoms with Gasteiger partial charge in [-0.3, -0.25) is 9.59 Å². The number of dihydropyridines is 1. The minimum absolute atomic E-state index is 0.184. The van der Waals surface area contributed by atoms with Crippen molar-refractivity contribution >= 4 is 17.7 Å². The third kappa shape index (κ3) is 3.97. The first-order valence-electron chi connectivity index (χ1n) is 10.5. The summed E-state index contributed by atoms with van der Waals surface area (Å²) in [7, 11) is 4.32. The normalized spacial score (nSPS) is 22.7. The van der Waals surface area contributed by atoms with E-state index in [9.17, 15) is 14.4 Å². The molecule has 8 heteroatoms. The molecule has 0 aromatic heterocycles. The van der Waals surface area contributed by atoms with Gasteiger partial charge in [-0.2, -0.15) is 0 Å². The average Bonchev–Trinajstić information content (AvgIpc) is 2.77. The van der Waals surface area contributed by atoms with Gasteiger partial charge in [0.15, 0.2) is 5.78 Å². The van der Waals surface area contributed by atoms with E-state index in [1.54, 1.807) is 39.2 Å². The minimum Gasteiger partial charge on any atom is -0.497 e. The van der Waals surface area contributed by atoms with Gasteiger partial charge in [-0.25, -0.2) is 4.79 Å². The fourth-order valence-electron chi connectivity index (χ4n) is 4.53. The van der Waals surface area contributed by atoms with E-state index in [-0.39, 0.29) is 18.3 Å². The van der Waals surface area contributed by atoms with Gasteiger partial charge in [0.25, 0.3) is 0 Å². The van der Waals surface area contributed by atoms with E-state index in [1.807, 2.05) is 6.92 Å². The van der Waals surface area contributed by atoms with E-state index in [0.717, 1.165) is 0 Å². The fourth-order valence-corrected chi connectivity index (χ4v) is 4.53.